The molecule has 0 saturated heterocycles. The summed E-state index contributed by atoms with van der Waals surface area (Å²) in [4.78, 5) is 12.4. The first kappa shape index (κ1) is 53.6. The van der Waals surface area contributed by atoms with E-state index in [2.05, 4.69) is 43.5 Å². The summed E-state index contributed by atoms with van der Waals surface area (Å²) in [5.74, 6) is -0.0766. The minimum Gasteiger partial charge on any atom is -0.394 e. The predicted octanol–water partition coefficient (Wildman–Crippen LogP) is 15.7. The van der Waals surface area contributed by atoms with Crippen LogP contribution in [0.1, 0.15) is 264 Å². The molecular weight excluding hydrogens is 675 g/mol. The second-order valence-electron chi connectivity index (χ2n) is 16.8. The highest BCUT2D eigenvalue weighted by Gasteiger charge is 2.17. The van der Waals surface area contributed by atoms with Gasteiger partial charge in [0.25, 0.3) is 0 Å². The molecule has 0 bridgehead atoms. The van der Waals surface area contributed by atoms with Crippen molar-refractivity contribution in [2.45, 2.75) is 276 Å². The van der Waals surface area contributed by atoms with Gasteiger partial charge in [-0.05, 0) is 38.5 Å². The maximum Gasteiger partial charge on any atom is 0.220 e. The van der Waals surface area contributed by atoms with E-state index in [1.165, 1.54) is 199 Å². The van der Waals surface area contributed by atoms with E-state index in [4.69, 9.17) is 0 Å². The van der Waals surface area contributed by atoms with Crippen molar-refractivity contribution < 1.29 is 15.0 Å². The van der Waals surface area contributed by atoms with Gasteiger partial charge in [0.15, 0.2) is 0 Å². The van der Waals surface area contributed by atoms with Crippen LogP contribution in [-0.2, 0) is 4.79 Å². The van der Waals surface area contributed by atoms with Crippen LogP contribution in [0.2, 0.25) is 0 Å². The number of aliphatic hydroxyl groups excluding tert-OH is 2. The molecule has 0 aromatic heterocycles. The van der Waals surface area contributed by atoms with Crippen LogP contribution in [0.3, 0.4) is 0 Å². The molecule has 0 fully saturated rings. The number of aliphatic hydroxyl groups is 2. The number of rotatable bonds is 45. The summed E-state index contributed by atoms with van der Waals surface area (Å²) >= 11 is 0. The smallest absolute Gasteiger partial charge is 0.220 e. The lowest BCUT2D eigenvalue weighted by Crippen LogP contribution is -2.45. The molecule has 2 atom stereocenters. The van der Waals surface area contributed by atoms with Gasteiger partial charge in [-0.15, -0.1) is 0 Å². The Kier molecular flexibility index (Phi) is 45.8. The lowest BCUT2D eigenvalue weighted by molar-refractivity contribution is -0.123. The van der Waals surface area contributed by atoms with Gasteiger partial charge < -0.3 is 15.5 Å². The van der Waals surface area contributed by atoms with Gasteiger partial charge in [-0.3, -0.25) is 4.79 Å². The maximum absolute atomic E-state index is 12.4. The highest BCUT2D eigenvalue weighted by atomic mass is 16.3. The Morgan fingerprint density at radius 2 is 0.727 bits per heavy atom. The van der Waals surface area contributed by atoms with Crippen molar-refractivity contribution in [3.63, 3.8) is 0 Å². The van der Waals surface area contributed by atoms with E-state index >= 15 is 0 Å². The summed E-state index contributed by atoms with van der Waals surface area (Å²) < 4.78 is 0. The average Bonchev–Trinajstić information content (AvgIpc) is 3.19. The second kappa shape index (κ2) is 47.0. The van der Waals surface area contributed by atoms with Crippen molar-refractivity contribution in [3.8, 4) is 0 Å². The summed E-state index contributed by atoms with van der Waals surface area (Å²) in [7, 11) is 0. The van der Waals surface area contributed by atoms with Gasteiger partial charge >= 0.3 is 0 Å². The summed E-state index contributed by atoms with van der Waals surface area (Å²) in [6.07, 6.45) is 63.1. The van der Waals surface area contributed by atoms with E-state index < -0.39 is 12.1 Å². The highest BCUT2D eigenvalue weighted by Crippen LogP contribution is 2.17. The molecule has 3 N–H and O–H groups in total. The van der Waals surface area contributed by atoms with E-state index in [9.17, 15) is 15.0 Å². The van der Waals surface area contributed by atoms with E-state index in [1.54, 1.807) is 6.08 Å². The predicted molar refractivity (Wildman–Crippen MR) is 244 cm³/mol. The van der Waals surface area contributed by atoms with Gasteiger partial charge in [-0.25, -0.2) is 0 Å². The van der Waals surface area contributed by atoms with Crippen molar-refractivity contribution in [1.82, 2.24) is 5.32 Å². The highest BCUT2D eigenvalue weighted by molar-refractivity contribution is 5.76. The van der Waals surface area contributed by atoms with Crippen LogP contribution in [0.5, 0.6) is 0 Å². The van der Waals surface area contributed by atoms with Crippen LogP contribution in [0.4, 0.5) is 0 Å². The molecule has 2 unspecified atom stereocenters. The molecular formula is C51H97NO3. The Hall–Kier alpha value is -1.39. The zero-order valence-corrected chi connectivity index (χ0v) is 37.2. The number of carbonyl (C=O) groups excluding carboxylic acids is 1. The monoisotopic (exact) mass is 772 g/mol. The van der Waals surface area contributed by atoms with E-state index in [1.807, 2.05) is 6.08 Å². The Bertz CT molecular complexity index is 836. The van der Waals surface area contributed by atoms with Crippen LogP contribution < -0.4 is 5.32 Å². The summed E-state index contributed by atoms with van der Waals surface area (Å²) in [6.45, 7) is 4.19. The molecule has 4 nitrogen and oxygen atoms in total. The van der Waals surface area contributed by atoms with Crippen molar-refractivity contribution in [2.24, 2.45) is 0 Å². The number of amides is 1. The number of hydrogen-bond acceptors (Lipinski definition) is 3. The number of hydrogen-bond donors (Lipinski definition) is 3. The van der Waals surface area contributed by atoms with E-state index in [0.29, 0.717) is 6.42 Å². The molecule has 0 heterocycles. The van der Waals surface area contributed by atoms with Crippen molar-refractivity contribution in [1.29, 1.82) is 0 Å². The standard InChI is InChI=1S/C51H97NO3/c1-3-5-7-9-11-13-15-16-17-18-19-20-21-22-23-24-25-26-27-28-29-30-31-32-33-34-35-36-37-39-41-43-45-47-51(55)52-49(48-53)50(54)46-44-42-40-38-14-12-10-8-6-4-2/h6,8,14,38,44,46,49-50,53-54H,3-5,7,9-13,15-37,39-43,45,47-48H2,1-2H3,(H,52,55)/b8-6+,38-14+,46-44+. The summed E-state index contributed by atoms with van der Waals surface area (Å²) in [6, 6.07) is -0.641. The third-order valence-electron chi connectivity index (χ3n) is 11.4. The summed E-state index contributed by atoms with van der Waals surface area (Å²) in [5, 5.41) is 22.9. The SMILES string of the molecule is CC/C=C/CC/C=C/CC/C=C/C(O)C(CO)NC(=O)CCCCCCCCCCCCCCCCCCCCCCCCCCCCCCCCCCC. The first-order valence-corrected chi connectivity index (χ1v) is 24.7. The van der Waals surface area contributed by atoms with Gasteiger partial charge in [0.05, 0.1) is 18.8 Å². The molecule has 4 heteroatoms. The minimum atomic E-state index is -0.866. The second-order valence-corrected chi connectivity index (χ2v) is 16.8. The normalized spacial score (nSPS) is 13.2. The molecule has 0 rings (SSSR count). The van der Waals surface area contributed by atoms with Gasteiger partial charge in [0.2, 0.25) is 5.91 Å². The molecule has 0 aliphatic carbocycles. The first-order chi connectivity index (χ1) is 27.2. The van der Waals surface area contributed by atoms with Crippen LogP contribution >= 0.6 is 0 Å². The number of unbranched alkanes of at least 4 members (excludes halogenated alkanes) is 34. The zero-order valence-electron chi connectivity index (χ0n) is 37.2. The molecule has 1 amide bonds. The maximum atomic E-state index is 12.4. The number of carbonyl (C=O) groups is 1. The van der Waals surface area contributed by atoms with Crippen molar-refractivity contribution in [3.05, 3.63) is 36.5 Å². The van der Waals surface area contributed by atoms with Crippen LogP contribution in [0, 0.1) is 0 Å². The van der Waals surface area contributed by atoms with Crippen LogP contribution in [-0.4, -0.2) is 34.9 Å². The van der Waals surface area contributed by atoms with Gasteiger partial charge in [-0.2, -0.15) is 0 Å². The Morgan fingerprint density at radius 3 is 1.04 bits per heavy atom. The fourth-order valence-electron chi connectivity index (χ4n) is 7.63. The lowest BCUT2D eigenvalue weighted by atomic mass is 10.0. The average molecular weight is 772 g/mol. The quantitative estimate of drug-likeness (QED) is 0.0426. The third kappa shape index (κ3) is 43.6. The molecule has 55 heavy (non-hydrogen) atoms. The van der Waals surface area contributed by atoms with Gasteiger partial charge in [0.1, 0.15) is 0 Å². The van der Waals surface area contributed by atoms with Gasteiger partial charge in [-0.1, -0.05) is 256 Å². The fraction of sp³-hybridized carbons (Fsp3) is 0.863. The molecule has 324 valence electrons. The lowest BCUT2D eigenvalue weighted by Gasteiger charge is -2.19. The topological polar surface area (TPSA) is 69.6 Å². The largest absolute Gasteiger partial charge is 0.394 e. The van der Waals surface area contributed by atoms with E-state index in [0.717, 1.165) is 44.9 Å². The zero-order chi connectivity index (χ0) is 40.0. The number of nitrogens with one attached hydrogen (secondary N) is 1. The molecule has 0 spiro atoms. The van der Waals surface area contributed by atoms with Crippen molar-refractivity contribution >= 4 is 5.91 Å². The molecule has 0 aliphatic heterocycles. The molecule has 0 saturated carbocycles. The molecule has 0 aromatic rings. The number of allylic oxidation sites excluding steroid dienone is 5. The molecule has 0 aliphatic rings. The van der Waals surface area contributed by atoms with Crippen molar-refractivity contribution in [2.75, 3.05) is 6.61 Å². The van der Waals surface area contributed by atoms with Crippen LogP contribution in [0.15, 0.2) is 36.5 Å². The minimum absolute atomic E-state index is 0.0766. The van der Waals surface area contributed by atoms with E-state index in [-0.39, 0.29) is 12.5 Å². The Balaban J connectivity index is 3.38. The van der Waals surface area contributed by atoms with Gasteiger partial charge in [0, 0.05) is 6.42 Å². The fourth-order valence-corrected chi connectivity index (χ4v) is 7.63. The summed E-state index contributed by atoms with van der Waals surface area (Å²) in [5.41, 5.74) is 0. The molecule has 0 aromatic carbocycles. The Labute approximate surface area is 344 Å². The third-order valence-corrected chi connectivity index (χ3v) is 11.4. The molecule has 0 radical (unpaired) electrons. The first-order valence-electron chi connectivity index (χ1n) is 24.7. The Morgan fingerprint density at radius 1 is 0.436 bits per heavy atom. The van der Waals surface area contributed by atoms with Crippen LogP contribution in [0.25, 0.3) is 0 Å².